The molecule has 1 aliphatic heterocycles. The van der Waals surface area contributed by atoms with E-state index in [1.165, 1.54) is 24.3 Å². The van der Waals surface area contributed by atoms with Crippen LogP contribution in [0.15, 0.2) is 36.4 Å². The van der Waals surface area contributed by atoms with Crippen molar-refractivity contribution >= 4 is 29.1 Å². The molecule has 7 heteroatoms. The summed E-state index contributed by atoms with van der Waals surface area (Å²) in [6.07, 6.45) is 1.56. The number of pyridine rings is 1. The van der Waals surface area contributed by atoms with E-state index in [1.807, 2.05) is 0 Å². The second-order valence-electron chi connectivity index (χ2n) is 5.53. The first-order chi connectivity index (χ1) is 11.5. The molecule has 4 nitrogen and oxygen atoms in total. The van der Waals surface area contributed by atoms with Crippen LogP contribution in [0, 0.1) is 5.82 Å². The van der Waals surface area contributed by atoms with Crippen LogP contribution in [0.1, 0.15) is 34.8 Å². The van der Waals surface area contributed by atoms with Crippen molar-refractivity contribution in [2.24, 2.45) is 0 Å². The van der Waals surface area contributed by atoms with E-state index in [0.29, 0.717) is 6.61 Å². The number of benzene rings is 1. The van der Waals surface area contributed by atoms with Crippen LogP contribution >= 0.6 is 23.2 Å². The molecule has 0 aliphatic carbocycles. The first-order valence-electron chi connectivity index (χ1n) is 7.54. The van der Waals surface area contributed by atoms with E-state index in [4.69, 9.17) is 27.9 Å². The summed E-state index contributed by atoms with van der Waals surface area (Å²) in [5.74, 6) is -0.713. The molecular formula is C17H15Cl2FN2O2. The summed E-state index contributed by atoms with van der Waals surface area (Å²) in [5.41, 5.74) is 1.00. The number of carbonyl (C=O) groups excluding carboxylic acids is 1. The van der Waals surface area contributed by atoms with E-state index in [-0.39, 0.29) is 33.7 Å². The summed E-state index contributed by atoms with van der Waals surface area (Å²) in [6, 6.07) is 8.63. The first-order valence-corrected chi connectivity index (χ1v) is 8.30. The number of hydrogen-bond donors (Lipinski definition) is 1. The van der Waals surface area contributed by atoms with Crippen molar-refractivity contribution in [2.45, 2.75) is 25.0 Å². The first kappa shape index (κ1) is 17.1. The number of carbonyl (C=O) groups is 1. The molecule has 0 radical (unpaired) electrons. The normalized spacial score (nSPS) is 18.4. The van der Waals surface area contributed by atoms with Crippen molar-refractivity contribution in [1.29, 1.82) is 0 Å². The van der Waals surface area contributed by atoms with E-state index in [0.717, 1.165) is 18.4 Å². The van der Waals surface area contributed by atoms with Gasteiger partial charge in [0.1, 0.15) is 16.1 Å². The average Bonchev–Trinajstić information content (AvgIpc) is 3.07. The summed E-state index contributed by atoms with van der Waals surface area (Å²) in [6.45, 7) is 0.640. The SMILES string of the molecule is O=C(N[C@H](c1ccc(F)cc1)[C@@H]1CCCO1)c1ccc(Cl)nc1Cl. The predicted molar refractivity (Wildman–Crippen MR) is 89.8 cm³/mol. The third-order valence-electron chi connectivity index (χ3n) is 3.91. The minimum atomic E-state index is -0.396. The predicted octanol–water partition coefficient (Wildman–Crippen LogP) is 4.18. The van der Waals surface area contributed by atoms with Gasteiger partial charge < -0.3 is 10.1 Å². The lowest BCUT2D eigenvalue weighted by Crippen LogP contribution is -2.36. The zero-order chi connectivity index (χ0) is 17.1. The Labute approximate surface area is 148 Å². The highest BCUT2D eigenvalue weighted by Crippen LogP contribution is 2.28. The Morgan fingerprint density at radius 2 is 2.00 bits per heavy atom. The lowest BCUT2D eigenvalue weighted by Gasteiger charge is -2.25. The van der Waals surface area contributed by atoms with Crippen molar-refractivity contribution in [3.05, 3.63) is 63.6 Å². The molecule has 1 N–H and O–H groups in total. The topological polar surface area (TPSA) is 51.2 Å². The Kier molecular flexibility index (Phi) is 5.33. The van der Waals surface area contributed by atoms with Gasteiger partial charge in [-0.05, 0) is 42.7 Å². The van der Waals surface area contributed by atoms with Gasteiger partial charge in [-0.3, -0.25) is 4.79 Å². The van der Waals surface area contributed by atoms with Gasteiger partial charge in [-0.1, -0.05) is 35.3 Å². The van der Waals surface area contributed by atoms with Gasteiger partial charge in [-0.25, -0.2) is 9.37 Å². The van der Waals surface area contributed by atoms with Gasteiger partial charge in [0.05, 0.1) is 17.7 Å². The largest absolute Gasteiger partial charge is 0.376 e. The molecular weight excluding hydrogens is 354 g/mol. The Bertz CT molecular complexity index is 734. The van der Waals surface area contributed by atoms with E-state index in [9.17, 15) is 9.18 Å². The molecule has 1 saturated heterocycles. The van der Waals surface area contributed by atoms with Crippen LogP contribution in [-0.4, -0.2) is 23.6 Å². The molecule has 3 rings (SSSR count). The van der Waals surface area contributed by atoms with Crippen molar-refractivity contribution < 1.29 is 13.9 Å². The van der Waals surface area contributed by atoms with Crippen LogP contribution < -0.4 is 5.32 Å². The zero-order valence-corrected chi connectivity index (χ0v) is 14.1. The smallest absolute Gasteiger partial charge is 0.254 e. The molecule has 2 heterocycles. The average molecular weight is 369 g/mol. The van der Waals surface area contributed by atoms with Crippen LogP contribution in [0.4, 0.5) is 4.39 Å². The van der Waals surface area contributed by atoms with E-state index in [2.05, 4.69) is 10.3 Å². The highest BCUT2D eigenvalue weighted by atomic mass is 35.5. The third kappa shape index (κ3) is 3.86. The molecule has 2 aromatic rings. The van der Waals surface area contributed by atoms with Gasteiger partial charge in [-0.15, -0.1) is 0 Å². The number of rotatable bonds is 4. The molecule has 1 aromatic heterocycles. The van der Waals surface area contributed by atoms with Crippen molar-refractivity contribution in [3.63, 3.8) is 0 Å². The van der Waals surface area contributed by atoms with Gasteiger partial charge in [0.15, 0.2) is 0 Å². The minimum absolute atomic E-state index is 0.0326. The van der Waals surface area contributed by atoms with Gasteiger partial charge in [0.2, 0.25) is 0 Å². The lowest BCUT2D eigenvalue weighted by atomic mass is 9.99. The van der Waals surface area contributed by atoms with Crippen LogP contribution in [0.25, 0.3) is 0 Å². The van der Waals surface area contributed by atoms with E-state index < -0.39 is 6.04 Å². The molecule has 126 valence electrons. The second-order valence-corrected chi connectivity index (χ2v) is 6.27. The minimum Gasteiger partial charge on any atom is -0.376 e. The Morgan fingerprint density at radius 3 is 2.62 bits per heavy atom. The summed E-state index contributed by atoms with van der Waals surface area (Å²) in [7, 11) is 0. The molecule has 1 fully saturated rings. The van der Waals surface area contributed by atoms with Crippen molar-refractivity contribution in [2.75, 3.05) is 6.61 Å². The zero-order valence-electron chi connectivity index (χ0n) is 12.6. The van der Waals surface area contributed by atoms with E-state index in [1.54, 1.807) is 12.1 Å². The summed E-state index contributed by atoms with van der Waals surface area (Å²) < 4.78 is 18.9. The molecule has 0 spiro atoms. The standard InChI is InChI=1S/C17H15Cl2FN2O2/c18-14-8-7-12(16(19)21-14)17(23)22-15(13-2-1-9-24-13)10-3-5-11(20)6-4-10/h3-8,13,15H,1-2,9H2,(H,22,23)/t13-,15+/m0/s1. The Hall–Kier alpha value is -1.69. The number of amides is 1. The van der Waals surface area contributed by atoms with Crippen LogP contribution in [-0.2, 0) is 4.74 Å². The highest BCUT2D eigenvalue weighted by molar-refractivity contribution is 6.34. The quantitative estimate of drug-likeness (QED) is 0.823. The molecule has 1 aliphatic rings. The van der Waals surface area contributed by atoms with E-state index >= 15 is 0 Å². The maximum atomic E-state index is 13.2. The maximum Gasteiger partial charge on any atom is 0.254 e. The number of hydrogen-bond acceptors (Lipinski definition) is 3. The fourth-order valence-corrected chi connectivity index (χ4v) is 3.16. The summed E-state index contributed by atoms with van der Waals surface area (Å²) >= 11 is 11.8. The van der Waals surface area contributed by atoms with Gasteiger partial charge in [-0.2, -0.15) is 0 Å². The third-order valence-corrected chi connectivity index (χ3v) is 4.41. The van der Waals surface area contributed by atoms with Crippen molar-refractivity contribution in [1.82, 2.24) is 10.3 Å². The maximum absolute atomic E-state index is 13.2. The van der Waals surface area contributed by atoms with Gasteiger partial charge >= 0.3 is 0 Å². The molecule has 24 heavy (non-hydrogen) atoms. The fourth-order valence-electron chi connectivity index (χ4n) is 2.73. The number of nitrogens with zero attached hydrogens (tertiary/aromatic N) is 1. The fraction of sp³-hybridized carbons (Fsp3) is 0.294. The molecule has 0 saturated carbocycles. The van der Waals surface area contributed by atoms with Crippen LogP contribution in [0.3, 0.4) is 0 Å². The lowest BCUT2D eigenvalue weighted by molar-refractivity contribution is 0.0672. The van der Waals surface area contributed by atoms with Gasteiger partial charge in [0, 0.05) is 6.61 Å². The number of ether oxygens (including phenoxy) is 1. The van der Waals surface area contributed by atoms with Crippen LogP contribution in [0.2, 0.25) is 10.3 Å². The molecule has 1 amide bonds. The number of nitrogens with one attached hydrogen (secondary N) is 1. The monoisotopic (exact) mass is 368 g/mol. The highest BCUT2D eigenvalue weighted by Gasteiger charge is 2.29. The van der Waals surface area contributed by atoms with Crippen molar-refractivity contribution in [3.8, 4) is 0 Å². The molecule has 1 aromatic carbocycles. The second kappa shape index (κ2) is 7.47. The van der Waals surface area contributed by atoms with Crippen LogP contribution in [0.5, 0.6) is 0 Å². The molecule has 0 bridgehead atoms. The van der Waals surface area contributed by atoms with Gasteiger partial charge in [0.25, 0.3) is 5.91 Å². The molecule has 2 atom stereocenters. The summed E-state index contributed by atoms with van der Waals surface area (Å²) in [5, 5.41) is 3.16. The Morgan fingerprint density at radius 1 is 1.25 bits per heavy atom. The molecule has 0 unspecified atom stereocenters. The number of halogens is 3. The number of aromatic nitrogens is 1. The Balaban J connectivity index is 1.85. The summed E-state index contributed by atoms with van der Waals surface area (Å²) in [4.78, 5) is 16.4.